The van der Waals surface area contributed by atoms with Gasteiger partial charge in [0.2, 0.25) is 0 Å². The Hall–Kier alpha value is -1.00. The second-order valence-electron chi connectivity index (χ2n) is 5.67. The van der Waals surface area contributed by atoms with E-state index in [0.29, 0.717) is 16.8 Å². The predicted molar refractivity (Wildman–Crippen MR) is 76.2 cm³/mol. The molecular weight excluding hydrogens is 280 g/mol. The third kappa shape index (κ3) is 1.73. The molecule has 0 saturated heterocycles. The smallest absolute Gasteiger partial charge is 0.258 e. The Labute approximate surface area is 120 Å². The van der Waals surface area contributed by atoms with Gasteiger partial charge in [-0.3, -0.25) is 4.79 Å². The van der Waals surface area contributed by atoms with Gasteiger partial charge in [-0.1, -0.05) is 0 Å². The van der Waals surface area contributed by atoms with Crippen molar-refractivity contribution in [1.29, 1.82) is 0 Å². The summed E-state index contributed by atoms with van der Waals surface area (Å²) in [5.74, 6) is 0.915. The van der Waals surface area contributed by atoms with Gasteiger partial charge < -0.3 is 11.1 Å². The molecule has 1 fully saturated rings. The van der Waals surface area contributed by atoms with Crippen molar-refractivity contribution in [2.24, 2.45) is 17.6 Å². The Kier molecular flexibility index (Phi) is 2.48. The van der Waals surface area contributed by atoms with Crippen molar-refractivity contribution in [1.82, 2.24) is 5.32 Å². The summed E-state index contributed by atoms with van der Waals surface area (Å²) in [5.41, 5.74) is 8.02. The predicted octanol–water partition coefficient (Wildman–Crippen LogP) is 3.09. The van der Waals surface area contributed by atoms with Crippen LogP contribution in [-0.4, -0.2) is 5.91 Å². The molecule has 4 rings (SSSR count). The van der Waals surface area contributed by atoms with E-state index >= 15 is 0 Å². The summed E-state index contributed by atoms with van der Waals surface area (Å²) in [6.07, 6.45) is 5.78. The number of rotatable bonds is 2. The van der Waals surface area contributed by atoms with E-state index in [-0.39, 0.29) is 11.3 Å². The zero-order valence-corrected chi connectivity index (χ0v) is 11.9. The van der Waals surface area contributed by atoms with Crippen LogP contribution in [0.2, 0.25) is 0 Å². The highest BCUT2D eigenvalue weighted by Gasteiger charge is 2.44. The molecular formula is C14H15ClN2OS. The van der Waals surface area contributed by atoms with Crippen molar-refractivity contribution in [2.45, 2.75) is 30.7 Å². The standard InChI is InChI=1S/C14H15ClN2OS/c15-10-3-7-9(6-1-2-6)5-17-12(7)13-8(10)4-11(19-13)14(16)18/h4-7,10,12,17H,1-3H2,(H2,16,18). The van der Waals surface area contributed by atoms with E-state index in [1.54, 1.807) is 0 Å². The molecule has 2 aliphatic carbocycles. The number of amides is 1. The first-order valence-corrected chi connectivity index (χ1v) is 7.94. The first kappa shape index (κ1) is 11.8. The summed E-state index contributed by atoms with van der Waals surface area (Å²) in [6.45, 7) is 0. The Bertz CT molecular complexity index is 590. The number of thiophene rings is 1. The molecule has 3 aliphatic rings. The molecule has 3 nitrogen and oxygen atoms in total. The highest BCUT2D eigenvalue weighted by atomic mass is 35.5. The van der Waals surface area contributed by atoms with Gasteiger partial charge in [0, 0.05) is 10.8 Å². The minimum Gasteiger partial charge on any atom is -0.383 e. The zero-order valence-electron chi connectivity index (χ0n) is 10.4. The second kappa shape index (κ2) is 4.00. The maximum absolute atomic E-state index is 11.4. The van der Waals surface area contributed by atoms with Crippen LogP contribution in [0.15, 0.2) is 17.8 Å². The number of nitrogens with two attached hydrogens (primary N) is 1. The summed E-state index contributed by atoms with van der Waals surface area (Å²) in [5, 5.41) is 3.50. The molecule has 1 aromatic rings. The summed E-state index contributed by atoms with van der Waals surface area (Å²) in [6, 6.07) is 2.19. The number of fused-ring (bicyclic) bond motifs is 3. The third-order valence-electron chi connectivity index (χ3n) is 4.42. The van der Waals surface area contributed by atoms with Crippen molar-refractivity contribution in [3.05, 3.63) is 33.2 Å². The first-order valence-electron chi connectivity index (χ1n) is 6.68. The minimum absolute atomic E-state index is 0.00245. The van der Waals surface area contributed by atoms with Gasteiger partial charge in [-0.15, -0.1) is 22.9 Å². The van der Waals surface area contributed by atoms with Crippen molar-refractivity contribution in [3.63, 3.8) is 0 Å². The number of carbonyl (C=O) groups excluding carboxylic acids is 1. The zero-order chi connectivity index (χ0) is 13.1. The van der Waals surface area contributed by atoms with E-state index in [1.165, 1.54) is 34.6 Å². The Morgan fingerprint density at radius 1 is 1.47 bits per heavy atom. The minimum atomic E-state index is -0.354. The maximum atomic E-state index is 11.4. The summed E-state index contributed by atoms with van der Waals surface area (Å²) in [7, 11) is 0. The lowest BCUT2D eigenvalue weighted by Crippen LogP contribution is -2.24. The van der Waals surface area contributed by atoms with Crippen LogP contribution in [0.5, 0.6) is 0 Å². The fraction of sp³-hybridized carbons (Fsp3) is 0.500. The van der Waals surface area contributed by atoms with E-state index in [2.05, 4.69) is 11.5 Å². The molecule has 0 spiro atoms. The quantitative estimate of drug-likeness (QED) is 0.824. The SMILES string of the molecule is NC(=O)c1cc2c(s1)C1NC=C(C3CC3)C1CC2Cl. The van der Waals surface area contributed by atoms with E-state index in [0.717, 1.165) is 17.9 Å². The van der Waals surface area contributed by atoms with E-state index in [4.69, 9.17) is 17.3 Å². The van der Waals surface area contributed by atoms with Gasteiger partial charge in [0.05, 0.1) is 16.3 Å². The highest BCUT2D eigenvalue weighted by molar-refractivity contribution is 7.14. The summed E-state index contributed by atoms with van der Waals surface area (Å²) in [4.78, 5) is 13.2. The number of alkyl halides is 1. The van der Waals surface area contributed by atoms with Crippen molar-refractivity contribution < 1.29 is 4.79 Å². The van der Waals surface area contributed by atoms with Gasteiger partial charge >= 0.3 is 0 Å². The van der Waals surface area contributed by atoms with Gasteiger partial charge in [-0.25, -0.2) is 0 Å². The number of hydrogen-bond donors (Lipinski definition) is 2. The molecule has 3 unspecified atom stereocenters. The van der Waals surface area contributed by atoms with Crippen LogP contribution in [0, 0.1) is 11.8 Å². The van der Waals surface area contributed by atoms with Gasteiger partial charge in [-0.2, -0.15) is 0 Å². The van der Waals surface area contributed by atoms with Crippen LogP contribution < -0.4 is 11.1 Å². The van der Waals surface area contributed by atoms with Gasteiger partial charge in [-0.05, 0) is 48.6 Å². The molecule has 0 aromatic carbocycles. The molecule has 3 atom stereocenters. The van der Waals surface area contributed by atoms with Gasteiger partial charge in [0.25, 0.3) is 5.91 Å². The maximum Gasteiger partial charge on any atom is 0.258 e. The van der Waals surface area contributed by atoms with Gasteiger partial charge in [0.15, 0.2) is 0 Å². The topological polar surface area (TPSA) is 55.1 Å². The molecule has 1 amide bonds. The molecule has 1 aliphatic heterocycles. The van der Waals surface area contributed by atoms with Crippen LogP contribution in [0.25, 0.3) is 0 Å². The Balaban J connectivity index is 1.73. The molecule has 0 bridgehead atoms. The van der Waals surface area contributed by atoms with Gasteiger partial charge in [0.1, 0.15) is 0 Å². The van der Waals surface area contributed by atoms with Crippen LogP contribution in [0.4, 0.5) is 0 Å². The lowest BCUT2D eigenvalue weighted by Gasteiger charge is -2.30. The molecule has 100 valence electrons. The van der Waals surface area contributed by atoms with Crippen molar-refractivity contribution >= 4 is 28.8 Å². The van der Waals surface area contributed by atoms with E-state index in [9.17, 15) is 4.79 Å². The molecule has 5 heteroatoms. The number of primary amides is 1. The molecule has 3 N–H and O–H groups in total. The first-order chi connectivity index (χ1) is 9.15. The number of hydrogen-bond acceptors (Lipinski definition) is 3. The average molecular weight is 295 g/mol. The third-order valence-corrected chi connectivity index (χ3v) is 6.09. The molecule has 0 radical (unpaired) electrons. The molecule has 1 aromatic heterocycles. The summed E-state index contributed by atoms with van der Waals surface area (Å²) >= 11 is 8.02. The lowest BCUT2D eigenvalue weighted by molar-refractivity contribution is 0.100. The van der Waals surface area contributed by atoms with Crippen LogP contribution in [0.3, 0.4) is 0 Å². The molecule has 2 heterocycles. The normalized spacial score (nSPS) is 32.3. The van der Waals surface area contributed by atoms with E-state index < -0.39 is 0 Å². The van der Waals surface area contributed by atoms with Crippen molar-refractivity contribution in [2.75, 3.05) is 0 Å². The number of halogens is 1. The fourth-order valence-electron chi connectivity index (χ4n) is 3.35. The molecule has 1 saturated carbocycles. The Morgan fingerprint density at radius 3 is 2.95 bits per heavy atom. The Morgan fingerprint density at radius 2 is 2.26 bits per heavy atom. The average Bonchev–Trinajstić information content (AvgIpc) is 2.96. The molecule has 19 heavy (non-hydrogen) atoms. The van der Waals surface area contributed by atoms with E-state index in [1.807, 2.05) is 6.07 Å². The summed E-state index contributed by atoms with van der Waals surface area (Å²) < 4.78 is 0. The van der Waals surface area contributed by atoms with Crippen LogP contribution >= 0.6 is 22.9 Å². The number of carbonyl (C=O) groups is 1. The highest BCUT2D eigenvalue weighted by Crippen LogP contribution is 2.55. The monoisotopic (exact) mass is 294 g/mol. The number of nitrogens with one attached hydrogen (secondary N) is 1. The van der Waals surface area contributed by atoms with Crippen LogP contribution in [0.1, 0.15) is 50.8 Å². The fourth-order valence-corrected chi connectivity index (χ4v) is 4.99. The largest absolute Gasteiger partial charge is 0.383 e. The lowest BCUT2D eigenvalue weighted by atomic mass is 9.80. The van der Waals surface area contributed by atoms with Crippen molar-refractivity contribution in [3.8, 4) is 0 Å². The second-order valence-corrected chi connectivity index (χ2v) is 7.28. The van der Waals surface area contributed by atoms with Crippen LogP contribution in [-0.2, 0) is 0 Å².